The molecule has 0 saturated carbocycles. The number of nitrogens with zero attached hydrogens (tertiary/aromatic N) is 4. The third kappa shape index (κ3) is 5.04. The third-order valence-corrected chi connectivity index (χ3v) is 12.2. The number of hydrogen-bond acceptors (Lipinski definition) is 5. The smallest absolute Gasteiger partial charge is 0.164 e. The first-order chi connectivity index (χ1) is 28.2. The van der Waals surface area contributed by atoms with Gasteiger partial charge >= 0.3 is 0 Å². The van der Waals surface area contributed by atoms with E-state index in [2.05, 4.69) is 114 Å². The van der Waals surface area contributed by atoms with E-state index in [0.29, 0.717) is 17.5 Å². The molecule has 57 heavy (non-hydrogen) atoms. The second-order valence-corrected chi connectivity index (χ2v) is 15.4. The van der Waals surface area contributed by atoms with E-state index in [4.69, 9.17) is 19.4 Å². The zero-order chi connectivity index (χ0) is 37.5. The van der Waals surface area contributed by atoms with Crippen LogP contribution in [0.1, 0.15) is 0 Å². The van der Waals surface area contributed by atoms with Crippen LogP contribution in [-0.4, -0.2) is 19.5 Å². The van der Waals surface area contributed by atoms with Crippen molar-refractivity contribution in [3.8, 4) is 51.0 Å². The monoisotopic (exact) mass is 746 g/mol. The zero-order valence-corrected chi connectivity index (χ0v) is 31.2. The summed E-state index contributed by atoms with van der Waals surface area (Å²) >= 11 is 1.84. The number of para-hydroxylation sites is 2. The summed E-state index contributed by atoms with van der Waals surface area (Å²) in [5.41, 5.74) is 10.2. The van der Waals surface area contributed by atoms with Gasteiger partial charge in [-0.1, -0.05) is 140 Å². The van der Waals surface area contributed by atoms with Gasteiger partial charge < -0.3 is 8.98 Å². The number of rotatable bonds is 5. The summed E-state index contributed by atoms with van der Waals surface area (Å²) in [5.74, 6) is 1.85. The quantitative estimate of drug-likeness (QED) is 0.176. The summed E-state index contributed by atoms with van der Waals surface area (Å²) in [6.45, 7) is 0. The van der Waals surface area contributed by atoms with Crippen molar-refractivity contribution < 1.29 is 4.42 Å². The van der Waals surface area contributed by atoms with E-state index in [1.165, 1.54) is 42.0 Å². The van der Waals surface area contributed by atoms with E-state index in [1.807, 2.05) is 84.1 Å². The van der Waals surface area contributed by atoms with E-state index in [0.717, 1.165) is 55.4 Å². The number of benzene rings is 8. The average Bonchev–Trinajstić information content (AvgIpc) is 3.96. The van der Waals surface area contributed by atoms with Crippen LogP contribution < -0.4 is 0 Å². The van der Waals surface area contributed by atoms with Gasteiger partial charge in [0.2, 0.25) is 0 Å². The molecule has 0 aliphatic carbocycles. The first kappa shape index (κ1) is 31.9. The highest BCUT2D eigenvalue weighted by molar-refractivity contribution is 7.25. The fourth-order valence-corrected chi connectivity index (χ4v) is 9.67. The number of hydrogen-bond donors (Lipinski definition) is 0. The van der Waals surface area contributed by atoms with Crippen LogP contribution in [0, 0.1) is 0 Å². The molecule has 0 aliphatic heterocycles. The molecular formula is C51H30N4OS. The summed E-state index contributed by atoms with van der Waals surface area (Å²) in [6, 6.07) is 63.8. The van der Waals surface area contributed by atoms with Gasteiger partial charge in [0, 0.05) is 64.1 Å². The molecule has 0 unspecified atom stereocenters. The predicted molar refractivity (Wildman–Crippen MR) is 236 cm³/mol. The lowest BCUT2D eigenvalue weighted by molar-refractivity contribution is 0.669. The van der Waals surface area contributed by atoms with Crippen molar-refractivity contribution in [3.05, 3.63) is 182 Å². The normalized spacial score (nSPS) is 11.9. The van der Waals surface area contributed by atoms with Crippen LogP contribution in [0.4, 0.5) is 0 Å². The molecule has 0 N–H and O–H groups in total. The van der Waals surface area contributed by atoms with Crippen LogP contribution in [-0.2, 0) is 0 Å². The fraction of sp³-hybridized carbons (Fsp3) is 0. The lowest BCUT2D eigenvalue weighted by Crippen LogP contribution is -2.00. The summed E-state index contributed by atoms with van der Waals surface area (Å²) in [5, 5.41) is 7.08. The molecule has 4 aromatic heterocycles. The number of furan rings is 1. The van der Waals surface area contributed by atoms with Crippen molar-refractivity contribution >= 4 is 75.3 Å². The molecule has 0 amide bonds. The number of aromatic nitrogens is 4. The molecule has 0 atom stereocenters. The van der Waals surface area contributed by atoms with Crippen LogP contribution in [0.3, 0.4) is 0 Å². The lowest BCUT2D eigenvalue weighted by atomic mass is 9.96. The molecule has 0 radical (unpaired) electrons. The van der Waals surface area contributed by atoms with Crippen molar-refractivity contribution in [3.63, 3.8) is 0 Å². The summed E-state index contributed by atoms with van der Waals surface area (Å²) in [4.78, 5) is 15.1. The molecule has 0 spiro atoms. The minimum Gasteiger partial charge on any atom is -0.456 e. The van der Waals surface area contributed by atoms with Gasteiger partial charge in [-0.3, -0.25) is 0 Å². The van der Waals surface area contributed by atoms with Crippen molar-refractivity contribution in [1.82, 2.24) is 19.5 Å². The van der Waals surface area contributed by atoms with Crippen molar-refractivity contribution in [1.29, 1.82) is 0 Å². The Kier molecular flexibility index (Phi) is 7.03. The summed E-state index contributed by atoms with van der Waals surface area (Å²) in [7, 11) is 0. The zero-order valence-electron chi connectivity index (χ0n) is 30.4. The Balaban J connectivity index is 1.03. The van der Waals surface area contributed by atoms with Gasteiger partial charge in [0.15, 0.2) is 17.5 Å². The molecule has 12 rings (SSSR count). The average molecular weight is 747 g/mol. The highest BCUT2D eigenvalue weighted by Crippen LogP contribution is 2.44. The Morgan fingerprint density at radius 1 is 0.386 bits per heavy atom. The van der Waals surface area contributed by atoms with Crippen LogP contribution in [0.15, 0.2) is 186 Å². The molecule has 266 valence electrons. The minimum atomic E-state index is 0.602. The summed E-state index contributed by atoms with van der Waals surface area (Å²) in [6.07, 6.45) is 0. The van der Waals surface area contributed by atoms with Gasteiger partial charge in [-0.2, -0.15) is 0 Å². The Hall–Kier alpha value is -7.41. The Labute approximate surface area is 330 Å². The van der Waals surface area contributed by atoms with E-state index in [1.54, 1.807) is 0 Å². The minimum absolute atomic E-state index is 0.602. The van der Waals surface area contributed by atoms with Gasteiger partial charge in [0.05, 0.1) is 11.0 Å². The molecule has 6 heteroatoms. The van der Waals surface area contributed by atoms with Crippen LogP contribution >= 0.6 is 11.3 Å². The lowest BCUT2D eigenvalue weighted by Gasteiger charge is -2.10. The maximum atomic E-state index is 6.58. The number of thiophene rings is 1. The van der Waals surface area contributed by atoms with E-state index in [9.17, 15) is 0 Å². The maximum Gasteiger partial charge on any atom is 0.164 e. The molecule has 0 aliphatic rings. The van der Waals surface area contributed by atoms with Gasteiger partial charge in [0.1, 0.15) is 11.2 Å². The van der Waals surface area contributed by atoms with Crippen LogP contribution in [0.25, 0.3) is 115 Å². The molecule has 5 nitrogen and oxygen atoms in total. The molecule has 0 bridgehead atoms. The van der Waals surface area contributed by atoms with E-state index < -0.39 is 0 Å². The van der Waals surface area contributed by atoms with Crippen molar-refractivity contribution in [2.75, 3.05) is 0 Å². The van der Waals surface area contributed by atoms with Crippen LogP contribution in [0.5, 0.6) is 0 Å². The van der Waals surface area contributed by atoms with Crippen molar-refractivity contribution in [2.24, 2.45) is 0 Å². The van der Waals surface area contributed by atoms with Gasteiger partial charge in [-0.15, -0.1) is 11.3 Å². The third-order valence-electron chi connectivity index (χ3n) is 11.1. The van der Waals surface area contributed by atoms with Gasteiger partial charge in [-0.25, -0.2) is 15.0 Å². The highest BCUT2D eigenvalue weighted by atomic mass is 32.1. The highest BCUT2D eigenvalue weighted by Gasteiger charge is 2.21. The number of fused-ring (bicyclic) bond motifs is 9. The molecule has 0 saturated heterocycles. The van der Waals surface area contributed by atoms with Gasteiger partial charge in [0.25, 0.3) is 0 Å². The SMILES string of the molecule is c1ccc(-c2nc(-c3ccccc3)nc(-c3cccc4oc5cccc(-c6ccc7c(c6)sc6cc(-n8c9ccccc9c9ccccc98)ccc67)c5c34)n2)cc1. The summed E-state index contributed by atoms with van der Waals surface area (Å²) < 4.78 is 11.5. The molecule has 0 fully saturated rings. The van der Waals surface area contributed by atoms with E-state index >= 15 is 0 Å². The standard InChI is InChI=1S/C51H30N4OS/c1-3-13-31(14-4-1)49-52-50(32-15-5-2-6-16-32)54-51(53-49)40-20-12-24-44-48(40)47-35(19-11-23-43(47)56-44)33-25-27-38-39-28-26-34(30-46(39)57-45(38)29-33)55-41-21-9-7-17-36(41)37-18-8-10-22-42(37)55/h1-30H. The first-order valence-corrected chi connectivity index (χ1v) is 19.8. The Bertz CT molecular complexity index is 3420. The first-order valence-electron chi connectivity index (χ1n) is 19.0. The molecule has 8 aromatic carbocycles. The maximum absolute atomic E-state index is 6.58. The predicted octanol–water partition coefficient (Wildman–Crippen LogP) is 13.9. The second kappa shape index (κ2) is 12.6. The second-order valence-electron chi connectivity index (χ2n) is 14.4. The van der Waals surface area contributed by atoms with Crippen molar-refractivity contribution in [2.45, 2.75) is 0 Å². The Morgan fingerprint density at radius 3 is 1.56 bits per heavy atom. The largest absolute Gasteiger partial charge is 0.456 e. The van der Waals surface area contributed by atoms with Crippen LogP contribution in [0.2, 0.25) is 0 Å². The van der Waals surface area contributed by atoms with E-state index in [-0.39, 0.29) is 0 Å². The molecule has 4 heterocycles. The fourth-order valence-electron chi connectivity index (χ4n) is 8.50. The Morgan fingerprint density at radius 2 is 0.912 bits per heavy atom. The molecule has 12 aromatic rings. The topological polar surface area (TPSA) is 56.7 Å². The van der Waals surface area contributed by atoms with Gasteiger partial charge in [-0.05, 0) is 53.6 Å². The molecular weight excluding hydrogens is 717 g/mol.